The molecule has 0 amide bonds. The first-order valence-corrected chi connectivity index (χ1v) is 10.9. The molecule has 2 aliphatic rings. The molecule has 1 aliphatic carbocycles. The van der Waals surface area contributed by atoms with Crippen LogP contribution in [0.25, 0.3) is 11.0 Å². The van der Waals surface area contributed by atoms with Gasteiger partial charge in [-0.05, 0) is 78.8 Å². The summed E-state index contributed by atoms with van der Waals surface area (Å²) in [7, 11) is 0. The van der Waals surface area contributed by atoms with Gasteiger partial charge in [0.15, 0.2) is 0 Å². The first-order valence-electron chi connectivity index (χ1n) is 9.74. The van der Waals surface area contributed by atoms with Crippen molar-refractivity contribution in [3.05, 3.63) is 39.5 Å². The van der Waals surface area contributed by atoms with E-state index >= 15 is 0 Å². The molecule has 8 heteroatoms. The number of benzene rings is 1. The minimum absolute atomic E-state index is 0.585. The highest BCUT2D eigenvalue weighted by Crippen LogP contribution is 2.37. The number of ether oxygens (including phenoxy) is 1. The maximum absolute atomic E-state index is 6.20. The summed E-state index contributed by atoms with van der Waals surface area (Å²) in [4.78, 5) is 6.85. The summed E-state index contributed by atoms with van der Waals surface area (Å²) in [5, 5.41) is 9.30. The van der Waals surface area contributed by atoms with Crippen LogP contribution in [0.15, 0.2) is 28.9 Å². The minimum Gasteiger partial charge on any atom is -0.437 e. The summed E-state index contributed by atoms with van der Waals surface area (Å²) >= 11 is 9.85. The number of hydrogen-bond acceptors (Lipinski definition) is 5. The summed E-state index contributed by atoms with van der Waals surface area (Å²) in [6, 6.07) is 5.92. The van der Waals surface area contributed by atoms with Crippen molar-refractivity contribution >= 4 is 38.6 Å². The van der Waals surface area contributed by atoms with Gasteiger partial charge in [0.25, 0.3) is 0 Å². The van der Waals surface area contributed by atoms with Crippen LogP contribution in [0.5, 0.6) is 11.6 Å². The molecule has 1 aliphatic heterocycles. The van der Waals surface area contributed by atoms with E-state index < -0.39 is 0 Å². The second-order valence-corrected chi connectivity index (χ2v) is 8.89. The van der Waals surface area contributed by atoms with Gasteiger partial charge >= 0.3 is 0 Å². The van der Waals surface area contributed by atoms with Crippen molar-refractivity contribution in [2.24, 2.45) is 5.92 Å². The summed E-state index contributed by atoms with van der Waals surface area (Å²) in [6.07, 6.45) is 6.67. The van der Waals surface area contributed by atoms with Crippen LogP contribution in [0.3, 0.4) is 0 Å². The van der Waals surface area contributed by atoms with E-state index in [0.717, 1.165) is 53.2 Å². The number of likely N-dealkylation sites (tertiary alicyclic amines) is 1. The Labute approximate surface area is 177 Å². The first-order chi connectivity index (χ1) is 13.7. The van der Waals surface area contributed by atoms with Gasteiger partial charge in [0.1, 0.15) is 11.3 Å². The number of pyridine rings is 1. The number of hydrogen-bond donors (Lipinski definition) is 0. The van der Waals surface area contributed by atoms with Gasteiger partial charge in [-0.1, -0.05) is 16.8 Å². The second kappa shape index (κ2) is 7.61. The molecule has 6 nitrogen and oxygen atoms in total. The van der Waals surface area contributed by atoms with Crippen molar-refractivity contribution in [1.82, 2.24) is 24.9 Å². The molecule has 1 aromatic carbocycles. The molecule has 28 heavy (non-hydrogen) atoms. The standard InChI is InChI=1S/C20H21BrClN5O/c21-18-17(6-5-16-19(18)24-25-27(16)11-13-3-4-13)28-20-14(9-15(22)10-23-20)12-26-7-1-2-8-26/h5-6,9-10,13H,1-4,7-8,11-12H2. The molecular formula is C20H21BrClN5O. The van der Waals surface area contributed by atoms with Gasteiger partial charge in [0.05, 0.1) is 15.0 Å². The van der Waals surface area contributed by atoms with E-state index in [9.17, 15) is 0 Å². The summed E-state index contributed by atoms with van der Waals surface area (Å²) in [5.41, 5.74) is 2.83. The lowest BCUT2D eigenvalue weighted by Gasteiger charge is -2.17. The van der Waals surface area contributed by atoms with Crippen molar-refractivity contribution < 1.29 is 4.74 Å². The third kappa shape index (κ3) is 3.75. The summed E-state index contributed by atoms with van der Waals surface area (Å²) in [5.74, 6) is 2.01. The molecular weight excluding hydrogens is 442 g/mol. The first kappa shape index (κ1) is 18.3. The van der Waals surface area contributed by atoms with Crippen molar-refractivity contribution in [1.29, 1.82) is 0 Å². The molecule has 0 spiro atoms. The number of halogens is 2. The van der Waals surface area contributed by atoms with E-state index in [2.05, 4.69) is 36.1 Å². The largest absolute Gasteiger partial charge is 0.437 e. The Morgan fingerprint density at radius 2 is 2.04 bits per heavy atom. The quantitative estimate of drug-likeness (QED) is 0.514. The highest BCUT2D eigenvalue weighted by Gasteiger charge is 2.24. The maximum atomic E-state index is 6.20. The third-order valence-corrected chi connectivity index (χ3v) is 6.38. The molecule has 0 N–H and O–H groups in total. The van der Waals surface area contributed by atoms with Gasteiger partial charge < -0.3 is 4.74 Å². The predicted octanol–water partition coefficient (Wildman–Crippen LogP) is 5.04. The molecule has 146 valence electrons. The van der Waals surface area contributed by atoms with E-state index in [-0.39, 0.29) is 0 Å². The van der Waals surface area contributed by atoms with Gasteiger partial charge in [0, 0.05) is 24.8 Å². The van der Waals surface area contributed by atoms with Gasteiger partial charge in [-0.3, -0.25) is 4.90 Å². The Hall–Kier alpha value is -1.70. The van der Waals surface area contributed by atoms with Crippen LogP contribution in [0.4, 0.5) is 0 Å². The predicted molar refractivity (Wildman–Crippen MR) is 112 cm³/mol. The fourth-order valence-electron chi connectivity index (χ4n) is 3.70. The molecule has 5 rings (SSSR count). The number of rotatable bonds is 6. The van der Waals surface area contributed by atoms with Gasteiger partial charge in [-0.2, -0.15) is 0 Å². The molecule has 0 unspecified atom stereocenters. The van der Waals surface area contributed by atoms with Crippen LogP contribution in [0.2, 0.25) is 5.02 Å². The second-order valence-electron chi connectivity index (χ2n) is 7.66. The topological polar surface area (TPSA) is 56.1 Å². The van der Waals surface area contributed by atoms with Gasteiger partial charge in [-0.25, -0.2) is 9.67 Å². The van der Waals surface area contributed by atoms with Gasteiger partial charge in [-0.15, -0.1) is 5.10 Å². The number of nitrogens with zero attached hydrogens (tertiary/aromatic N) is 5. The van der Waals surface area contributed by atoms with E-state index in [1.54, 1.807) is 6.20 Å². The fourth-order valence-corrected chi connectivity index (χ4v) is 4.38. The average molecular weight is 463 g/mol. The van der Waals surface area contributed by atoms with Crippen molar-refractivity contribution in [3.8, 4) is 11.6 Å². The Balaban J connectivity index is 1.43. The smallest absolute Gasteiger partial charge is 0.223 e. The highest BCUT2D eigenvalue weighted by atomic mass is 79.9. The molecule has 0 radical (unpaired) electrons. The zero-order valence-electron chi connectivity index (χ0n) is 15.4. The Bertz CT molecular complexity index is 1010. The van der Waals surface area contributed by atoms with Crippen molar-refractivity contribution in [2.75, 3.05) is 13.1 Å². The molecule has 1 saturated heterocycles. The fraction of sp³-hybridized carbons (Fsp3) is 0.450. The molecule has 0 bridgehead atoms. The molecule has 3 aromatic rings. The van der Waals surface area contributed by atoms with Crippen LogP contribution in [-0.2, 0) is 13.1 Å². The summed E-state index contributed by atoms with van der Waals surface area (Å²) < 4.78 is 8.98. The van der Waals surface area contributed by atoms with Crippen molar-refractivity contribution in [3.63, 3.8) is 0 Å². The average Bonchev–Trinajstić information content (AvgIpc) is 3.17. The Morgan fingerprint density at radius 1 is 1.21 bits per heavy atom. The molecule has 3 heterocycles. The normalized spacial score (nSPS) is 17.5. The lowest BCUT2D eigenvalue weighted by Crippen LogP contribution is -2.19. The van der Waals surface area contributed by atoms with E-state index in [1.165, 1.54) is 25.7 Å². The molecule has 2 aromatic heterocycles. The van der Waals surface area contributed by atoms with Gasteiger partial charge in [0.2, 0.25) is 5.88 Å². The third-order valence-electron chi connectivity index (χ3n) is 5.41. The monoisotopic (exact) mass is 461 g/mol. The number of fused-ring (bicyclic) bond motifs is 1. The number of aromatic nitrogens is 4. The molecule has 0 atom stereocenters. The van der Waals surface area contributed by atoms with Crippen LogP contribution < -0.4 is 4.74 Å². The lowest BCUT2D eigenvalue weighted by atomic mass is 10.2. The minimum atomic E-state index is 0.585. The lowest BCUT2D eigenvalue weighted by molar-refractivity contribution is 0.323. The van der Waals surface area contributed by atoms with Crippen molar-refractivity contribution in [2.45, 2.75) is 38.8 Å². The van der Waals surface area contributed by atoms with E-state index in [1.807, 2.05) is 22.9 Å². The van der Waals surface area contributed by atoms with E-state index in [4.69, 9.17) is 16.3 Å². The van der Waals surface area contributed by atoms with Crippen LogP contribution in [-0.4, -0.2) is 38.0 Å². The SMILES string of the molecule is Clc1cnc(Oc2ccc3c(nnn3CC3CC3)c2Br)c(CN2CCCC2)c1. The van der Waals surface area contributed by atoms with Crippen LogP contribution in [0, 0.1) is 5.92 Å². The van der Waals surface area contributed by atoms with Crippen LogP contribution >= 0.6 is 27.5 Å². The molecule has 2 fully saturated rings. The molecule has 1 saturated carbocycles. The Kier molecular flexibility index (Phi) is 4.99. The summed E-state index contributed by atoms with van der Waals surface area (Å²) in [6.45, 7) is 3.93. The Morgan fingerprint density at radius 3 is 2.82 bits per heavy atom. The zero-order valence-corrected chi connectivity index (χ0v) is 17.8. The van der Waals surface area contributed by atoms with Crippen LogP contribution in [0.1, 0.15) is 31.2 Å². The maximum Gasteiger partial charge on any atom is 0.223 e. The zero-order chi connectivity index (χ0) is 19.1. The van der Waals surface area contributed by atoms with E-state index in [0.29, 0.717) is 16.7 Å². The highest BCUT2D eigenvalue weighted by molar-refractivity contribution is 9.10.